The Hall–Kier alpha value is -3.42. The van der Waals surface area contributed by atoms with Crippen LogP contribution in [0.5, 0.6) is 11.8 Å². The second-order valence-electron chi connectivity index (χ2n) is 7.37. The summed E-state index contributed by atoms with van der Waals surface area (Å²) in [5.74, 6) is -1.45. The van der Waals surface area contributed by atoms with Crippen molar-refractivity contribution in [3.63, 3.8) is 0 Å². The zero-order valence-corrected chi connectivity index (χ0v) is 17.1. The molecule has 0 radical (unpaired) electrons. The monoisotopic (exact) mass is 415 g/mol. The van der Waals surface area contributed by atoms with E-state index < -0.39 is 29.3 Å². The van der Waals surface area contributed by atoms with Gasteiger partial charge in [-0.1, -0.05) is 26.0 Å². The molecule has 0 aliphatic carbocycles. The smallest absolute Gasteiger partial charge is 0.399 e. The summed E-state index contributed by atoms with van der Waals surface area (Å²) in [5, 5.41) is 2.61. The SMILES string of the molecule is Cc1ccc(C(C)C)cc1Oc1nc(C(=O)N[C@H](C)c2cc(F)c(N)c(F)c2)co1. The van der Waals surface area contributed by atoms with Crippen molar-refractivity contribution in [3.8, 4) is 11.8 Å². The number of hydrogen-bond donors (Lipinski definition) is 2. The third-order valence-corrected chi connectivity index (χ3v) is 4.74. The van der Waals surface area contributed by atoms with E-state index in [1.165, 1.54) is 0 Å². The molecule has 0 fully saturated rings. The highest BCUT2D eigenvalue weighted by Gasteiger charge is 2.19. The number of hydrogen-bond acceptors (Lipinski definition) is 5. The number of rotatable bonds is 6. The van der Waals surface area contributed by atoms with E-state index in [1.807, 2.05) is 25.1 Å². The fourth-order valence-electron chi connectivity index (χ4n) is 2.80. The summed E-state index contributed by atoms with van der Waals surface area (Å²) in [6.07, 6.45) is 1.07. The Bertz CT molecular complexity index is 1060. The summed E-state index contributed by atoms with van der Waals surface area (Å²) >= 11 is 0. The van der Waals surface area contributed by atoms with Gasteiger partial charge < -0.3 is 20.2 Å². The van der Waals surface area contributed by atoms with Gasteiger partial charge in [-0.2, -0.15) is 4.98 Å². The average molecular weight is 415 g/mol. The molecule has 30 heavy (non-hydrogen) atoms. The lowest BCUT2D eigenvalue weighted by molar-refractivity contribution is 0.0934. The minimum Gasteiger partial charge on any atom is -0.416 e. The molecule has 0 aliphatic rings. The van der Waals surface area contributed by atoms with Crippen molar-refractivity contribution in [3.05, 3.63) is 70.6 Å². The maximum absolute atomic E-state index is 13.7. The summed E-state index contributed by atoms with van der Waals surface area (Å²) in [5.41, 5.74) is 6.90. The summed E-state index contributed by atoms with van der Waals surface area (Å²) in [6, 6.07) is 7.32. The molecule has 2 aromatic carbocycles. The van der Waals surface area contributed by atoms with Crippen molar-refractivity contribution in [1.29, 1.82) is 0 Å². The van der Waals surface area contributed by atoms with Crippen molar-refractivity contribution >= 4 is 11.6 Å². The number of nitrogen functional groups attached to an aromatic ring is 1. The van der Waals surface area contributed by atoms with Crippen LogP contribution in [0.2, 0.25) is 0 Å². The Labute approximate surface area is 173 Å². The summed E-state index contributed by atoms with van der Waals surface area (Å²) in [7, 11) is 0. The molecule has 3 rings (SSSR count). The van der Waals surface area contributed by atoms with Crippen LogP contribution < -0.4 is 15.8 Å². The summed E-state index contributed by atoms with van der Waals surface area (Å²) < 4.78 is 38.3. The molecule has 8 heteroatoms. The number of aryl methyl sites for hydroxylation is 1. The fourth-order valence-corrected chi connectivity index (χ4v) is 2.80. The number of anilines is 1. The second kappa shape index (κ2) is 8.52. The second-order valence-corrected chi connectivity index (χ2v) is 7.37. The number of carbonyl (C=O) groups is 1. The van der Waals surface area contributed by atoms with Gasteiger partial charge in [0, 0.05) is 0 Å². The number of amides is 1. The van der Waals surface area contributed by atoms with E-state index in [0.29, 0.717) is 11.7 Å². The molecule has 0 unspecified atom stereocenters. The van der Waals surface area contributed by atoms with Gasteiger partial charge in [-0.05, 0) is 54.7 Å². The largest absolute Gasteiger partial charge is 0.416 e. The molecule has 158 valence electrons. The molecular formula is C22H23F2N3O3. The lowest BCUT2D eigenvalue weighted by Gasteiger charge is -2.14. The van der Waals surface area contributed by atoms with E-state index in [9.17, 15) is 13.6 Å². The Kier molecular flexibility index (Phi) is 6.05. The van der Waals surface area contributed by atoms with Crippen molar-refractivity contribution in [1.82, 2.24) is 10.3 Å². The molecule has 3 N–H and O–H groups in total. The van der Waals surface area contributed by atoms with Crippen molar-refractivity contribution in [2.45, 2.75) is 39.7 Å². The van der Waals surface area contributed by atoms with Gasteiger partial charge in [0.05, 0.1) is 6.04 Å². The van der Waals surface area contributed by atoms with Crippen molar-refractivity contribution < 1.29 is 22.7 Å². The zero-order valence-electron chi connectivity index (χ0n) is 17.1. The summed E-state index contributed by atoms with van der Waals surface area (Å²) in [6.45, 7) is 7.62. The van der Waals surface area contributed by atoms with Crippen LogP contribution in [-0.4, -0.2) is 10.9 Å². The lowest BCUT2D eigenvalue weighted by Crippen LogP contribution is -2.27. The molecule has 0 bridgehead atoms. The predicted molar refractivity (Wildman–Crippen MR) is 108 cm³/mol. The van der Waals surface area contributed by atoms with Crippen LogP contribution in [0.4, 0.5) is 14.5 Å². The molecular weight excluding hydrogens is 392 g/mol. The molecule has 1 aromatic heterocycles. The van der Waals surface area contributed by atoms with Crippen LogP contribution in [0.3, 0.4) is 0 Å². The number of nitrogens with two attached hydrogens (primary N) is 1. The number of aromatic nitrogens is 1. The zero-order chi connectivity index (χ0) is 22.0. The van der Waals surface area contributed by atoms with E-state index >= 15 is 0 Å². The minimum atomic E-state index is -0.887. The standard InChI is InChI=1S/C22H23F2N3O3/c1-11(2)14-6-5-12(3)19(9-14)30-22-27-18(10-29-22)21(28)26-13(4)15-7-16(23)20(25)17(24)8-15/h5-11,13H,25H2,1-4H3,(H,26,28)/t13-/m1/s1. The Morgan fingerprint density at radius 1 is 1.13 bits per heavy atom. The number of benzene rings is 2. The van der Waals surface area contributed by atoms with E-state index in [4.69, 9.17) is 14.9 Å². The number of nitrogens with zero attached hydrogens (tertiary/aromatic N) is 1. The van der Waals surface area contributed by atoms with Gasteiger partial charge in [0.25, 0.3) is 5.91 Å². The average Bonchev–Trinajstić information content (AvgIpc) is 3.16. The van der Waals surface area contributed by atoms with Crippen LogP contribution in [-0.2, 0) is 0 Å². The van der Waals surface area contributed by atoms with Crippen LogP contribution in [0.15, 0.2) is 41.0 Å². The Morgan fingerprint density at radius 3 is 2.43 bits per heavy atom. The van der Waals surface area contributed by atoms with Gasteiger partial charge in [0.2, 0.25) is 0 Å². The highest BCUT2D eigenvalue weighted by atomic mass is 19.1. The molecule has 0 spiro atoms. The topological polar surface area (TPSA) is 90.4 Å². The fraction of sp³-hybridized carbons (Fsp3) is 0.273. The molecule has 1 atom stereocenters. The van der Waals surface area contributed by atoms with E-state index in [-0.39, 0.29) is 17.3 Å². The Balaban J connectivity index is 1.72. The van der Waals surface area contributed by atoms with Gasteiger partial charge in [0.15, 0.2) is 5.69 Å². The third-order valence-electron chi connectivity index (χ3n) is 4.74. The normalized spacial score (nSPS) is 12.1. The van der Waals surface area contributed by atoms with Gasteiger partial charge >= 0.3 is 6.08 Å². The minimum absolute atomic E-state index is 0.0223. The number of halogens is 2. The van der Waals surface area contributed by atoms with Crippen LogP contribution in [0.1, 0.15) is 59.9 Å². The molecule has 3 aromatic rings. The summed E-state index contributed by atoms with van der Waals surface area (Å²) in [4.78, 5) is 16.5. The third kappa shape index (κ3) is 4.59. The first-order valence-corrected chi connectivity index (χ1v) is 9.45. The van der Waals surface area contributed by atoms with Crippen molar-refractivity contribution in [2.75, 3.05) is 5.73 Å². The van der Waals surface area contributed by atoms with Gasteiger partial charge in [-0.15, -0.1) is 0 Å². The van der Waals surface area contributed by atoms with E-state index in [0.717, 1.165) is 29.5 Å². The molecule has 6 nitrogen and oxygen atoms in total. The number of ether oxygens (including phenoxy) is 1. The predicted octanol–water partition coefficient (Wildman–Crippen LogP) is 5.25. The van der Waals surface area contributed by atoms with E-state index in [1.54, 1.807) is 6.92 Å². The number of carbonyl (C=O) groups excluding carboxylic acids is 1. The van der Waals surface area contributed by atoms with Crippen molar-refractivity contribution in [2.24, 2.45) is 0 Å². The number of nitrogens with one attached hydrogen (secondary N) is 1. The highest BCUT2D eigenvalue weighted by Crippen LogP contribution is 2.28. The Morgan fingerprint density at radius 2 is 1.80 bits per heavy atom. The van der Waals surface area contributed by atoms with Crippen LogP contribution in [0, 0.1) is 18.6 Å². The quantitative estimate of drug-likeness (QED) is 0.537. The maximum Gasteiger partial charge on any atom is 0.399 e. The number of oxazole rings is 1. The maximum atomic E-state index is 13.7. The van der Waals surface area contributed by atoms with Gasteiger partial charge in [-0.25, -0.2) is 8.78 Å². The van der Waals surface area contributed by atoms with Crippen LogP contribution in [0.25, 0.3) is 0 Å². The molecule has 0 saturated carbocycles. The first kappa shape index (κ1) is 21.3. The van der Waals surface area contributed by atoms with Crippen LogP contribution >= 0.6 is 0 Å². The van der Waals surface area contributed by atoms with E-state index in [2.05, 4.69) is 24.1 Å². The molecule has 0 saturated heterocycles. The highest BCUT2D eigenvalue weighted by molar-refractivity contribution is 5.92. The molecule has 0 aliphatic heterocycles. The van der Waals surface area contributed by atoms with Gasteiger partial charge in [0.1, 0.15) is 29.3 Å². The first-order chi connectivity index (χ1) is 14.2. The molecule has 1 heterocycles. The molecule has 1 amide bonds. The lowest BCUT2D eigenvalue weighted by atomic mass is 10.0. The first-order valence-electron chi connectivity index (χ1n) is 9.45. The van der Waals surface area contributed by atoms with Gasteiger partial charge in [-0.3, -0.25) is 4.79 Å².